The SMILES string of the molecule is Cc1c(N2CCN(Cc3cccc(OC(F)(F)F)c3)CC2)c(=O)n(C[C@H](N)c2ccccc2)c(=O)n1C. The number of halogens is 3. The number of hydrogen-bond acceptors (Lipinski definition) is 6. The summed E-state index contributed by atoms with van der Waals surface area (Å²) in [7, 11) is 1.64. The highest BCUT2D eigenvalue weighted by Gasteiger charge is 2.31. The second kappa shape index (κ2) is 10.8. The molecule has 2 N–H and O–H groups in total. The van der Waals surface area contributed by atoms with Gasteiger partial charge in [-0.1, -0.05) is 42.5 Å². The van der Waals surface area contributed by atoms with Crippen molar-refractivity contribution in [1.29, 1.82) is 0 Å². The van der Waals surface area contributed by atoms with Crippen LogP contribution in [0.2, 0.25) is 0 Å². The van der Waals surface area contributed by atoms with E-state index in [0.717, 1.165) is 5.56 Å². The van der Waals surface area contributed by atoms with Crippen LogP contribution in [-0.4, -0.2) is 46.6 Å². The van der Waals surface area contributed by atoms with Gasteiger partial charge in [0.2, 0.25) is 0 Å². The van der Waals surface area contributed by atoms with E-state index in [1.54, 1.807) is 20.0 Å². The lowest BCUT2D eigenvalue weighted by molar-refractivity contribution is -0.274. The average molecular weight is 518 g/mol. The predicted molar refractivity (Wildman–Crippen MR) is 135 cm³/mol. The third kappa shape index (κ3) is 6.23. The van der Waals surface area contributed by atoms with E-state index in [4.69, 9.17) is 5.73 Å². The summed E-state index contributed by atoms with van der Waals surface area (Å²) >= 11 is 0. The summed E-state index contributed by atoms with van der Waals surface area (Å²) in [5.41, 5.74) is 8.09. The average Bonchev–Trinajstić information content (AvgIpc) is 2.86. The van der Waals surface area contributed by atoms with Gasteiger partial charge in [-0.3, -0.25) is 18.8 Å². The second-order valence-corrected chi connectivity index (χ2v) is 9.17. The molecule has 1 atom stereocenters. The van der Waals surface area contributed by atoms with Crippen LogP contribution in [0.3, 0.4) is 0 Å². The Morgan fingerprint density at radius 1 is 1.00 bits per heavy atom. The molecule has 37 heavy (non-hydrogen) atoms. The van der Waals surface area contributed by atoms with Crippen LogP contribution in [0, 0.1) is 6.92 Å². The highest BCUT2D eigenvalue weighted by molar-refractivity contribution is 5.49. The molecular formula is C26H30F3N5O3. The molecule has 1 aromatic heterocycles. The van der Waals surface area contributed by atoms with Gasteiger partial charge in [-0.2, -0.15) is 0 Å². The molecule has 0 aliphatic carbocycles. The Hall–Kier alpha value is -3.57. The summed E-state index contributed by atoms with van der Waals surface area (Å²) < 4.78 is 44.3. The number of rotatable bonds is 7. The highest BCUT2D eigenvalue weighted by Crippen LogP contribution is 2.24. The predicted octanol–water partition coefficient (Wildman–Crippen LogP) is 2.78. The van der Waals surface area contributed by atoms with Crippen LogP contribution in [0.25, 0.3) is 0 Å². The molecule has 1 saturated heterocycles. The molecule has 0 amide bonds. The summed E-state index contributed by atoms with van der Waals surface area (Å²) in [4.78, 5) is 30.5. The molecule has 11 heteroatoms. The Morgan fingerprint density at radius 3 is 2.32 bits per heavy atom. The van der Waals surface area contributed by atoms with E-state index in [2.05, 4.69) is 9.64 Å². The lowest BCUT2D eigenvalue weighted by Crippen LogP contribution is -2.51. The third-order valence-corrected chi connectivity index (χ3v) is 6.65. The Morgan fingerprint density at radius 2 is 1.68 bits per heavy atom. The number of benzene rings is 2. The van der Waals surface area contributed by atoms with Crippen LogP contribution in [0.15, 0.2) is 64.2 Å². The van der Waals surface area contributed by atoms with Gasteiger partial charge in [0.25, 0.3) is 5.56 Å². The smallest absolute Gasteiger partial charge is 0.406 e. The van der Waals surface area contributed by atoms with E-state index in [1.807, 2.05) is 35.2 Å². The fourth-order valence-corrected chi connectivity index (χ4v) is 4.61. The monoisotopic (exact) mass is 517 g/mol. The van der Waals surface area contributed by atoms with Gasteiger partial charge in [0, 0.05) is 51.5 Å². The first-order chi connectivity index (χ1) is 17.5. The van der Waals surface area contributed by atoms with Gasteiger partial charge in [0.1, 0.15) is 11.4 Å². The maximum absolute atomic E-state index is 13.5. The molecule has 1 fully saturated rings. The Bertz CT molecular complexity index is 1350. The maximum Gasteiger partial charge on any atom is 0.573 e. The van der Waals surface area contributed by atoms with Gasteiger partial charge in [-0.15, -0.1) is 13.2 Å². The van der Waals surface area contributed by atoms with E-state index in [0.29, 0.717) is 49.7 Å². The molecule has 0 radical (unpaired) electrons. The van der Waals surface area contributed by atoms with Gasteiger partial charge in [0.05, 0.1) is 6.54 Å². The molecular weight excluding hydrogens is 487 g/mol. The first kappa shape index (κ1) is 26.5. The molecule has 0 saturated carbocycles. The lowest BCUT2D eigenvalue weighted by atomic mass is 10.1. The largest absolute Gasteiger partial charge is 0.573 e. The molecule has 1 aliphatic heterocycles. The molecule has 2 aromatic carbocycles. The molecule has 0 spiro atoms. The normalized spacial score (nSPS) is 15.6. The Labute approximate surface area is 212 Å². The Kier molecular flexibility index (Phi) is 7.74. The van der Waals surface area contributed by atoms with Crippen molar-refractivity contribution < 1.29 is 17.9 Å². The topological polar surface area (TPSA) is 85.7 Å². The number of anilines is 1. The minimum absolute atomic E-state index is 0.0547. The molecule has 8 nitrogen and oxygen atoms in total. The molecule has 0 bridgehead atoms. The van der Waals surface area contributed by atoms with Gasteiger partial charge >= 0.3 is 12.1 Å². The van der Waals surface area contributed by atoms with Crippen molar-refractivity contribution >= 4 is 5.69 Å². The van der Waals surface area contributed by atoms with Crippen molar-refractivity contribution in [1.82, 2.24) is 14.0 Å². The van der Waals surface area contributed by atoms with Gasteiger partial charge in [-0.05, 0) is 30.2 Å². The molecule has 198 valence electrons. The maximum atomic E-state index is 13.5. The van der Waals surface area contributed by atoms with Crippen LogP contribution < -0.4 is 26.6 Å². The first-order valence-corrected chi connectivity index (χ1v) is 12.0. The minimum atomic E-state index is -4.74. The number of piperazine rings is 1. The number of aromatic nitrogens is 2. The molecule has 3 aromatic rings. The zero-order chi connectivity index (χ0) is 26.7. The molecule has 1 aliphatic rings. The zero-order valence-corrected chi connectivity index (χ0v) is 20.7. The highest BCUT2D eigenvalue weighted by atomic mass is 19.4. The van der Waals surface area contributed by atoms with E-state index in [9.17, 15) is 22.8 Å². The standard InChI is InChI=1S/C26H30F3N5O3/c1-18-23(24(35)34(25(36)31(18)2)17-22(30)20-8-4-3-5-9-20)33-13-11-32(12-14-33)16-19-7-6-10-21(15-19)37-26(27,28)29/h3-10,15,22H,11-14,16-17,30H2,1-2H3/t22-/m0/s1. The first-order valence-electron chi connectivity index (χ1n) is 12.0. The van der Waals surface area contributed by atoms with Crippen LogP contribution in [-0.2, 0) is 20.1 Å². The van der Waals surface area contributed by atoms with Crippen LogP contribution in [0.5, 0.6) is 5.75 Å². The Balaban J connectivity index is 1.49. The molecule has 0 unspecified atom stereocenters. The quantitative estimate of drug-likeness (QED) is 0.519. The van der Waals surface area contributed by atoms with Gasteiger partial charge in [0.15, 0.2) is 0 Å². The lowest BCUT2D eigenvalue weighted by Gasteiger charge is -2.36. The molecule has 2 heterocycles. The van der Waals surface area contributed by atoms with Crippen LogP contribution in [0.1, 0.15) is 22.9 Å². The fourth-order valence-electron chi connectivity index (χ4n) is 4.61. The van der Waals surface area contributed by atoms with Crippen molar-refractivity contribution in [3.05, 3.63) is 92.3 Å². The van der Waals surface area contributed by atoms with Crippen molar-refractivity contribution in [3.63, 3.8) is 0 Å². The summed E-state index contributed by atoms with van der Waals surface area (Å²) in [5, 5.41) is 0. The van der Waals surface area contributed by atoms with E-state index < -0.39 is 18.1 Å². The van der Waals surface area contributed by atoms with Crippen molar-refractivity contribution in [2.75, 3.05) is 31.1 Å². The third-order valence-electron chi connectivity index (χ3n) is 6.65. The number of hydrogen-bond donors (Lipinski definition) is 1. The van der Waals surface area contributed by atoms with Crippen LogP contribution in [0.4, 0.5) is 18.9 Å². The molecule has 4 rings (SSSR count). The van der Waals surface area contributed by atoms with Crippen molar-refractivity contribution in [2.45, 2.75) is 32.4 Å². The van der Waals surface area contributed by atoms with E-state index in [1.165, 1.54) is 27.3 Å². The van der Waals surface area contributed by atoms with Crippen LogP contribution >= 0.6 is 0 Å². The second-order valence-electron chi connectivity index (χ2n) is 9.17. The van der Waals surface area contributed by atoms with Gasteiger partial charge in [-0.25, -0.2) is 4.79 Å². The van der Waals surface area contributed by atoms with Crippen molar-refractivity contribution in [2.24, 2.45) is 12.8 Å². The number of ether oxygens (including phenoxy) is 1. The van der Waals surface area contributed by atoms with E-state index in [-0.39, 0.29) is 17.9 Å². The van der Waals surface area contributed by atoms with E-state index >= 15 is 0 Å². The summed E-state index contributed by atoms with van der Waals surface area (Å²) in [6.07, 6.45) is -4.74. The van der Waals surface area contributed by atoms with Crippen molar-refractivity contribution in [3.8, 4) is 5.75 Å². The number of nitrogens with zero attached hydrogens (tertiary/aromatic N) is 4. The number of alkyl halides is 3. The minimum Gasteiger partial charge on any atom is -0.406 e. The summed E-state index contributed by atoms with van der Waals surface area (Å²) in [5.74, 6) is -0.251. The number of nitrogens with two attached hydrogens (primary N) is 1. The van der Waals surface area contributed by atoms with Gasteiger partial charge < -0.3 is 15.4 Å². The zero-order valence-electron chi connectivity index (χ0n) is 20.7. The summed E-state index contributed by atoms with van der Waals surface area (Å²) in [6.45, 7) is 4.49. The summed E-state index contributed by atoms with van der Waals surface area (Å²) in [6, 6.07) is 14.7. The fraction of sp³-hybridized carbons (Fsp3) is 0.385.